The maximum atomic E-state index is 10.7. The molecule has 76 valence electrons. The van der Waals surface area contributed by atoms with Gasteiger partial charge in [0.2, 0.25) is 0 Å². The van der Waals surface area contributed by atoms with Crippen molar-refractivity contribution in [2.75, 3.05) is 0 Å². The van der Waals surface area contributed by atoms with Crippen molar-refractivity contribution in [1.29, 1.82) is 0 Å². The molecule has 1 aromatic carbocycles. The van der Waals surface area contributed by atoms with E-state index < -0.39 is 4.92 Å². The minimum Gasteiger partial charge on any atom is -0.271 e. The average molecular weight is 268 g/mol. The lowest BCUT2D eigenvalue weighted by atomic mass is 10.1. The second-order valence-electron chi connectivity index (χ2n) is 2.89. The van der Waals surface area contributed by atoms with Crippen LogP contribution in [0.25, 0.3) is 11.3 Å². The Balaban J connectivity index is 2.49. The Morgan fingerprint density at radius 1 is 1.33 bits per heavy atom. The van der Waals surface area contributed by atoms with Gasteiger partial charge in [0.05, 0.1) is 4.92 Å². The number of rotatable bonds is 2. The first-order valence-electron chi connectivity index (χ1n) is 4.12. The van der Waals surface area contributed by atoms with E-state index in [0.717, 1.165) is 10.0 Å². The number of H-pyrrole nitrogens is 1. The van der Waals surface area contributed by atoms with Crippen LogP contribution in [-0.4, -0.2) is 15.1 Å². The minimum atomic E-state index is -0.457. The normalized spacial score (nSPS) is 10.2. The van der Waals surface area contributed by atoms with Crippen LogP contribution in [0.4, 0.5) is 5.69 Å². The molecule has 0 radical (unpaired) electrons. The Labute approximate surface area is 93.4 Å². The molecule has 2 rings (SSSR count). The number of benzene rings is 1. The van der Waals surface area contributed by atoms with Gasteiger partial charge in [0, 0.05) is 10.0 Å². The van der Waals surface area contributed by atoms with Crippen molar-refractivity contribution >= 4 is 21.6 Å². The van der Waals surface area contributed by atoms with Gasteiger partial charge in [-0.3, -0.25) is 15.2 Å². The molecule has 0 saturated carbocycles. The summed E-state index contributed by atoms with van der Waals surface area (Å²) in [4.78, 5) is 10.2. The Hall–Kier alpha value is -1.69. The van der Waals surface area contributed by atoms with Gasteiger partial charge in [-0.15, -0.1) is 0 Å². The van der Waals surface area contributed by atoms with E-state index >= 15 is 0 Å². The van der Waals surface area contributed by atoms with Crippen molar-refractivity contribution < 1.29 is 4.92 Å². The Morgan fingerprint density at radius 3 is 2.60 bits per heavy atom. The van der Waals surface area contributed by atoms with Crippen molar-refractivity contribution in [3.05, 3.63) is 45.0 Å². The third-order valence-corrected chi connectivity index (χ3v) is 2.48. The smallest absolute Gasteiger partial charge is 0.271 e. The molecule has 0 saturated heterocycles. The summed E-state index contributed by atoms with van der Waals surface area (Å²) in [6.07, 6.45) is 1.21. The molecule has 0 unspecified atom stereocenters. The standard InChI is InChI=1S/C9H6BrN3O2/c10-7-3-1-6(2-4-7)9-8(13(14)15)5-11-12-9/h1-5H,(H,11,12). The van der Waals surface area contributed by atoms with Crippen LogP contribution in [0.3, 0.4) is 0 Å². The van der Waals surface area contributed by atoms with Gasteiger partial charge in [0.15, 0.2) is 0 Å². The van der Waals surface area contributed by atoms with Gasteiger partial charge in [-0.2, -0.15) is 5.10 Å². The van der Waals surface area contributed by atoms with E-state index in [-0.39, 0.29) is 5.69 Å². The van der Waals surface area contributed by atoms with Crippen LogP contribution in [-0.2, 0) is 0 Å². The topological polar surface area (TPSA) is 71.8 Å². The molecule has 0 bridgehead atoms. The van der Waals surface area contributed by atoms with Crippen LogP contribution in [0.5, 0.6) is 0 Å². The van der Waals surface area contributed by atoms with Gasteiger partial charge < -0.3 is 0 Å². The van der Waals surface area contributed by atoms with E-state index in [4.69, 9.17) is 0 Å². The number of nitrogens with zero attached hydrogens (tertiary/aromatic N) is 2. The summed E-state index contributed by atoms with van der Waals surface area (Å²) in [5.74, 6) is 0. The van der Waals surface area contributed by atoms with Gasteiger partial charge in [-0.1, -0.05) is 28.1 Å². The monoisotopic (exact) mass is 267 g/mol. The van der Waals surface area contributed by atoms with Crippen molar-refractivity contribution in [3.63, 3.8) is 0 Å². The second kappa shape index (κ2) is 3.82. The summed E-state index contributed by atoms with van der Waals surface area (Å²) in [6, 6.07) is 7.20. The molecular weight excluding hydrogens is 262 g/mol. The van der Waals surface area contributed by atoms with Crippen LogP contribution in [0.15, 0.2) is 34.9 Å². The third kappa shape index (κ3) is 1.89. The van der Waals surface area contributed by atoms with Gasteiger partial charge in [0.1, 0.15) is 11.9 Å². The third-order valence-electron chi connectivity index (χ3n) is 1.95. The minimum absolute atomic E-state index is 0.0164. The summed E-state index contributed by atoms with van der Waals surface area (Å²) in [6.45, 7) is 0. The molecule has 0 fully saturated rings. The maximum Gasteiger partial charge on any atom is 0.314 e. The van der Waals surface area contributed by atoms with Gasteiger partial charge in [0.25, 0.3) is 0 Å². The first-order chi connectivity index (χ1) is 7.18. The van der Waals surface area contributed by atoms with Crippen LogP contribution in [0.2, 0.25) is 0 Å². The summed E-state index contributed by atoms with van der Waals surface area (Å²) in [7, 11) is 0. The lowest BCUT2D eigenvalue weighted by Gasteiger charge is -1.97. The molecule has 0 aliphatic carbocycles. The van der Waals surface area contributed by atoms with Crippen molar-refractivity contribution in [2.45, 2.75) is 0 Å². The zero-order chi connectivity index (χ0) is 10.8. The SMILES string of the molecule is O=[N+]([O-])c1cn[nH]c1-c1ccc(Br)cc1. The molecule has 0 aliphatic rings. The molecule has 1 N–H and O–H groups in total. The van der Waals surface area contributed by atoms with E-state index in [1.807, 2.05) is 12.1 Å². The highest BCUT2D eigenvalue weighted by molar-refractivity contribution is 9.10. The quantitative estimate of drug-likeness (QED) is 0.672. The van der Waals surface area contributed by atoms with Gasteiger partial charge in [-0.05, 0) is 12.1 Å². The highest BCUT2D eigenvalue weighted by Gasteiger charge is 2.17. The lowest BCUT2D eigenvalue weighted by molar-refractivity contribution is -0.384. The van der Waals surface area contributed by atoms with Crippen molar-refractivity contribution in [3.8, 4) is 11.3 Å². The number of hydrogen-bond donors (Lipinski definition) is 1. The molecule has 15 heavy (non-hydrogen) atoms. The molecule has 0 aliphatic heterocycles. The van der Waals surface area contributed by atoms with E-state index in [0.29, 0.717) is 5.69 Å². The first kappa shape index (κ1) is 9.85. The fourth-order valence-corrected chi connectivity index (χ4v) is 1.51. The summed E-state index contributed by atoms with van der Waals surface area (Å²) in [5.41, 5.74) is 1.15. The predicted molar refractivity (Wildman–Crippen MR) is 58.4 cm³/mol. The molecule has 0 spiro atoms. The van der Waals surface area contributed by atoms with Crippen molar-refractivity contribution in [2.24, 2.45) is 0 Å². The average Bonchev–Trinajstić information content (AvgIpc) is 2.67. The summed E-state index contributed by atoms with van der Waals surface area (Å²) in [5, 5.41) is 16.9. The fraction of sp³-hybridized carbons (Fsp3) is 0. The number of aromatic amines is 1. The number of aromatic nitrogens is 2. The van der Waals surface area contributed by atoms with E-state index in [1.54, 1.807) is 12.1 Å². The van der Waals surface area contributed by atoms with Crippen LogP contribution < -0.4 is 0 Å². The zero-order valence-corrected chi connectivity index (χ0v) is 9.06. The number of nitrogens with one attached hydrogen (secondary N) is 1. The van der Waals surface area contributed by atoms with Crippen LogP contribution in [0, 0.1) is 10.1 Å². The highest BCUT2D eigenvalue weighted by Crippen LogP contribution is 2.27. The fourth-order valence-electron chi connectivity index (χ4n) is 1.25. The van der Waals surface area contributed by atoms with Crippen LogP contribution in [0.1, 0.15) is 0 Å². The lowest BCUT2D eigenvalue weighted by Crippen LogP contribution is -1.88. The number of hydrogen-bond acceptors (Lipinski definition) is 3. The molecule has 1 heterocycles. The predicted octanol–water partition coefficient (Wildman–Crippen LogP) is 2.75. The first-order valence-corrected chi connectivity index (χ1v) is 4.91. The van der Waals surface area contributed by atoms with E-state index in [2.05, 4.69) is 26.1 Å². The molecular formula is C9H6BrN3O2. The zero-order valence-electron chi connectivity index (χ0n) is 7.48. The molecule has 5 nitrogen and oxygen atoms in total. The summed E-state index contributed by atoms with van der Waals surface area (Å²) < 4.78 is 0.924. The van der Waals surface area contributed by atoms with E-state index in [1.165, 1.54) is 6.20 Å². The Kier molecular flexibility index (Phi) is 2.51. The Morgan fingerprint density at radius 2 is 2.00 bits per heavy atom. The molecule has 0 atom stereocenters. The Bertz CT molecular complexity index is 492. The molecule has 0 amide bonds. The van der Waals surface area contributed by atoms with Crippen molar-refractivity contribution in [1.82, 2.24) is 10.2 Å². The summed E-state index contributed by atoms with van der Waals surface area (Å²) >= 11 is 3.30. The van der Waals surface area contributed by atoms with Gasteiger partial charge >= 0.3 is 5.69 Å². The molecule has 6 heteroatoms. The number of halogens is 1. The van der Waals surface area contributed by atoms with E-state index in [9.17, 15) is 10.1 Å². The van der Waals surface area contributed by atoms with Gasteiger partial charge in [-0.25, -0.2) is 0 Å². The highest BCUT2D eigenvalue weighted by atomic mass is 79.9. The number of nitro groups is 1. The molecule has 2 aromatic rings. The second-order valence-corrected chi connectivity index (χ2v) is 3.81. The maximum absolute atomic E-state index is 10.7. The van der Waals surface area contributed by atoms with Crippen LogP contribution >= 0.6 is 15.9 Å². The largest absolute Gasteiger partial charge is 0.314 e. The molecule has 1 aromatic heterocycles.